The van der Waals surface area contributed by atoms with E-state index < -0.39 is 0 Å². The first-order chi connectivity index (χ1) is 17.6. The molecule has 8 heteroatoms. The van der Waals surface area contributed by atoms with Gasteiger partial charge in [0.15, 0.2) is 5.78 Å². The molecule has 8 nitrogen and oxygen atoms in total. The molecule has 3 fully saturated rings. The zero-order valence-corrected chi connectivity index (χ0v) is 21.6. The molecular weight excluding hydrogens is 452 g/mol. The van der Waals surface area contributed by atoms with Gasteiger partial charge in [-0.3, -0.25) is 14.3 Å². The quantitative estimate of drug-likeness (QED) is 0.550. The summed E-state index contributed by atoms with van der Waals surface area (Å²) in [6, 6.07) is 6.28. The van der Waals surface area contributed by atoms with E-state index in [0.29, 0.717) is 30.6 Å². The van der Waals surface area contributed by atoms with E-state index in [1.165, 1.54) is 45.2 Å². The van der Waals surface area contributed by atoms with Crippen molar-refractivity contribution in [1.82, 2.24) is 24.6 Å². The van der Waals surface area contributed by atoms with Crippen LogP contribution < -0.4 is 4.90 Å². The molecule has 0 radical (unpaired) electrons. The van der Waals surface area contributed by atoms with Gasteiger partial charge in [0.05, 0.1) is 24.1 Å². The van der Waals surface area contributed by atoms with E-state index in [1.807, 2.05) is 36.1 Å². The molecule has 1 saturated carbocycles. The van der Waals surface area contributed by atoms with Gasteiger partial charge in [0.2, 0.25) is 5.91 Å². The second-order valence-corrected chi connectivity index (χ2v) is 10.6. The van der Waals surface area contributed by atoms with E-state index in [9.17, 15) is 9.59 Å². The largest absolute Gasteiger partial charge is 0.365 e. The smallest absolute Gasteiger partial charge is 0.225 e. The Kier molecular flexibility index (Phi) is 7.99. The molecule has 0 unspecified atom stereocenters. The first-order valence-corrected chi connectivity index (χ1v) is 13.9. The molecule has 194 valence electrons. The lowest BCUT2D eigenvalue weighted by atomic mass is 9.83. The molecule has 4 heterocycles. The highest BCUT2D eigenvalue weighted by molar-refractivity contribution is 5.93. The summed E-state index contributed by atoms with van der Waals surface area (Å²) in [6.45, 7) is 8.11. The monoisotopic (exact) mass is 492 g/mol. The molecule has 0 N–H and O–H groups in total. The molecule has 1 aliphatic carbocycles. The lowest BCUT2D eigenvalue weighted by molar-refractivity contribution is -0.137. The van der Waals surface area contributed by atoms with Crippen LogP contribution >= 0.6 is 0 Å². The van der Waals surface area contributed by atoms with E-state index in [-0.39, 0.29) is 11.7 Å². The van der Waals surface area contributed by atoms with Gasteiger partial charge in [0.25, 0.3) is 0 Å². The molecule has 2 saturated heterocycles. The Hall–Kier alpha value is -2.74. The van der Waals surface area contributed by atoms with Crippen molar-refractivity contribution in [2.75, 3.05) is 44.2 Å². The van der Waals surface area contributed by atoms with E-state index >= 15 is 0 Å². The predicted octanol–water partition coefficient (Wildman–Crippen LogP) is 3.61. The number of piperidine rings is 1. The van der Waals surface area contributed by atoms with Gasteiger partial charge in [-0.2, -0.15) is 5.10 Å². The van der Waals surface area contributed by atoms with E-state index in [2.05, 4.69) is 24.8 Å². The molecule has 36 heavy (non-hydrogen) atoms. The van der Waals surface area contributed by atoms with Crippen LogP contribution in [0.15, 0.2) is 30.6 Å². The maximum Gasteiger partial charge on any atom is 0.225 e. The van der Waals surface area contributed by atoms with E-state index in [0.717, 1.165) is 50.4 Å². The minimum Gasteiger partial charge on any atom is -0.365 e. The Labute approximate surface area is 214 Å². The molecule has 0 atom stereocenters. The summed E-state index contributed by atoms with van der Waals surface area (Å²) < 4.78 is 1.87. The van der Waals surface area contributed by atoms with Crippen molar-refractivity contribution >= 4 is 17.4 Å². The maximum atomic E-state index is 13.2. The molecule has 3 aliphatic rings. The minimum absolute atomic E-state index is 0.0560. The molecule has 2 aromatic rings. The summed E-state index contributed by atoms with van der Waals surface area (Å²) in [4.78, 5) is 36.8. The Bertz CT molecular complexity index is 1030. The lowest BCUT2D eigenvalue weighted by Gasteiger charge is -2.41. The van der Waals surface area contributed by atoms with Crippen LogP contribution in [-0.4, -0.2) is 81.6 Å². The van der Waals surface area contributed by atoms with Gasteiger partial charge >= 0.3 is 0 Å². The molecule has 0 spiro atoms. The van der Waals surface area contributed by atoms with Gasteiger partial charge in [-0.05, 0) is 63.7 Å². The number of likely N-dealkylation sites (tertiary alicyclic amines) is 1. The van der Waals surface area contributed by atoms with Crippen molar-refractivity contribution in [3.05, 3.63) is 42.0 Å². The van der Waals surface area contributed by atoms with Crippen molar-refractivity contribution in [3.63, 3.8) is 0 Å². The zero-order valence-electron chi connectivity index (χ0n) is 21.6. The minimum atomic E-state index is 0.0560. The van der Waals surface area contributed by atoms with Crippen molar-refractivity contribution in [3.8, 4) is 0 Å². The average molecular weight is 493 g/mol. The van der Waals surface area contributed by atoms with Gasteiger partial charge in [-0.15, -0.1) is 0 Å². The Morgan fingerprint density at radius 3 is 2.42 bits per heavy atom. The summed E-state index contributed by atoms with van der Waals surface area (Å²) in [6.07, 6.45) is 12.9. The Morgan fingerprint density at radius 1 is 0.944 bits per heavy atom. The third-order valence-electron chi connectivity index (χ3n) is 8.27. The fraction of sp³-hybridized carbons (Fsp3) is 0.643. The van der Waals surface area contributed by atoms with Gasteiger partial charge in [0.1, 0.15) is 5.69 Å². The number of pyridine rings is 1. The first-order valence-electron chi connectivity index (χ1n) is 13.9. The van der Waals surface area contributed by atoms with Crippen molar-refractivity contribution in [2.45, 2.75) is 70.9 Å². The van der Waals surface area contributed by atoms with Gasteiger partial charge in [-0.1, -0.05) is 19.4 Å². The predicted molar refractivity (Wildman–Crippen MR) is 140 cm³/mol. The van der Waals surface area contributed by atoms with Gasteiger partial charge in [-0.25, -0.2) is 4.98 Å². The number of piperazine rings is 1. The second kappa shape index (κ2) is 11.5. The Morgan fingerprint density at radius 2 is 1.69 bits per heavy atom. The number of carbonyl (C=O) groups is 2. The second-order valence-electron chi connectivity index (χ2n) is 10.6. The van der Waals surface area contributed by atoms with Crippen LogP contribution in [0, 0.1) is 5.92 Å². The SMILES string of the molecule is CCC(=O)c1cccc(Cn2cc(N3CCN(C(=O)C4CCC(N5CCCCC5)CC4)CC3)cn2)n1. The van der Waals surface area contributed by atoms with Crippen LogP contribution in [0.1, 0.15) is 74.5 Å². The van der Waals surface area contributed by atoms with Crippen LogP contribution in [0.3, 0.4) is 0 Å². The maximum absolute atomic E-state index is 13.2. The number of Topliss-reactive ketones (excluding diaryl/α,β-unsaturated/α-hetero) is 1. The van der Waals surface area contributed by atoms with Crippen molar-refractivity contribution < 1.29 is 9.59 Å². The highest BCUT2D eigenvalue weighted by Crippen LogP contribution is 2.31. The number of carbonyl (C=O) groups excluding carboxylic acids is 2. The third-order valence-corrected chi connectivity index (χ3v) is 8.27. The number of rotatable bonds is 7. The molecule has 0 aromatic carbocycles. The van der Waals surface area contributed by atoms with Crippen molar-refractivity contribution in [1.29, 1.82) is 0 Å². The molecule has 2 aromatic heterocycles. The number of hydrogen-bond donors (Lipinski definition) is 0. The number of anilines is 1. The Balaban J connectivity index is 1.09. The summed E-state index contributed by atoms with van der Waals surface area (Å²) >= 11 is 0. The fourth-order valence-electron chi connectivity index (χ4n) is 6.09. The van der Waals surface area contributed by atoms with Crippen LogP contribution in [0.5, 0.6) is 0 Å². The number of hydrogen-bond acceptors (Lipinski definition) is 6. The van der Waals surface area contributed by atoms with Gasteiger partial charge < -0.3 is 14.7 Å². The standard InChI is InChI=1S/C28H40N6O2/c1-2-27(35)26-8-6-7-23(30-26)20-34-21-25(19-29-34)32-15-17-33(18-16-32)28(36)22-9-11-24(12-10-22)31-13-4-3-5-14-31/h6-8,19,21-22,24H,2-5,9-18,20H2,1H3. The van der Waals surface area contributed by atoms with E-state index in [1.54, 1.807) is 6.07 Å². The number of amides is 1. The highest BCUT2D eigenvalue weighted by Gasteiger charge is 2.33. The van der Waals surface area contributed by atoms with Crippen LogP contribution in [-0.2, 0) is 11.3 Å². The first kappa shape index (κ1) is 24.9. The highest BCUT2D eigenvalue weighted by atomic mass is 16.2. The third kappa shape index (κ3) is 5.80. The van der Waals surface area contributed by atoms with Gasteiger partial charge in [0, 0.05) is 50.8 Å². The number of nitrogens with zero attached hydrogens (tertiary/aromatic N) is 6. The molecule has 2 aliphatic heterocycles. The molecule has 1 amide bonds. The lowest BCUT2D eigenvalue weighted by Crippen LogP contribution is -2.51. The van der Waals surface area contributed by atoms with Crippen molar-refractivity contribution in [2.24, 2.45) is 5.92 Å². The van der Waals surface area contributed by atoms with Crippen LogP contribution in [0.25, 0.3) is 0 Å². The number of aromatic nitrogens is 3. The normalized spacial score (nSPS) is 23.6. The summed E-state index contributed by atoms with van der Waals surface area (Å²) in [7, 11) is 0. The summed E-state index contributed by atoms with van der Waals surface area (Å²) in [5, 5.41) is 4.52. The summed E-state index contributed by atoms with van der Waals surface area (Å²) in [5.41, 5.74) is 2.42. The number of ketones is 1. The fourth-order valence-corrected chi connectivity index (χ4v) is 6.09. The average Bonchev–Trinajstić information content (AvgIpc) is 3.41. The van der Waals surface area contributed by atoms with E-state index in [4.69, 9.17) is 0 Å². The topological polar surface area (TPSA) is 74.6 Å². The van der Waals surface area contributed by atoms with Crippen LogP contribution in [0.2, 0.25) is 0 Å². The molecule has 5 rings (SSSR count). The molecular formula is C28H40N6O2. The zero-order chi connectivity index (χ0) is 24.9. The molecule has 0 bridgehead atoms. The summed E-state index contributed by atoms with van der Waals surface area (Å²) in [5.74, 6) is 0.638. The van der Waals surface area contributed by atoms with Crippen LogP contribution in [0.4, 0.5) is 5.69 Å².